The molecule has 1 aliphatic heterocycles. The zero-order valence-electron chi connectivity index (χ0n) is 19.1. The van der Waals surface area contributed by atoms with Crippen molar-refractivity contribution in [3.63, 3.8) is 0 Å². The van der Waals surface area contributed by atoms with Crippen LogP contribution in [0.2, 0.25) is 0 Å². The Labute approximate surface area is 190 Å². The summed E-state index contributed by atoms with van der Waals surface area (Å²) in [5.41, 5.74) is 0.421. The van der Waals surface area contributed by atoms with Gasteiger partial charge in [0, 0.05) is 25.4 Å². The maximum Gasteiger partial charge on any atom is 0.303 e. The van der Waals surface area contributed by atoms with Crippen molar-refractivity contribution in [3.05, 3.63) is 58.3 Å². The van der Waals surface area contributed by atoms with Gasteiger partial charge in [-0.05, 0) is 36.8 Å². The first-order chi connectivity index (χ1) is 15.6. The lowest BCUT2D eigenvalue weighted by molar-refractivity contribution is -0.167. The van der Waals surface area contributed by atoms with E-state index in [4.69, 9.17) is 14.2 Å². The van der Waals surface area contributed by atoms with Crippen molar-refractivity contribution in [3.8, 4) is 11.5 Å². The number of fused-ring (bicyclic) bond motifs is 5. The SMILES string of the molecule is COc1cc2c(c3c1c(=O)c1cc4ccccc4cc1n3C)[C@@H](OC(C)=O)[C@@H](O)C(C)(C)O2. The first-order valence-electron chi connectivity index (χ1n) is 10.7. The molecular weight excluding hydrogens is 422 g/mol. The van der Waals surface area contributed by atoms with Crippen LogP contribution in [-0.4, -0.2) is 34.5 Å². The molecule has 2 heterocycles. The lowest BCUT2D eigenvalue weighted by Crippen LogP contribution is -2.50. The molecule has 0 unspecified atom stereocenters. The van der Waals surface area contributed by atoms with E-state index in [0.29, 0.717) is 38.9 Å². The largest absolute Gasteiger partial charge is 0.496 e. The molecule has 0 fully saturated rings. The molecule has 7 heteroatoms. The summed E-state index contributed by atoms with van der Waals surface area (Å²) < 4.78 is 19.2. The summed E-state index contributed by atoms with van der Waals surface area (Å²) in [6.45, 7) is 4.74. The van der Waals surface area contributed by atoms with Gasteiger partial charge in [-0.2, -0.15) is 0 Å². The number of aromatic nitrogens is 1. The number of hydrogen-bond acceptors (Lipinski definition) is 6. The van der Waals surface area contributed by atoms with Crippen LogP contribution in [0, 0.1) is 0 Å². The maximum absolute atomic E-state index is 13.8. The molecule has 0 aliphatic carbocycles. The average molecular weight is 447 g/mol. The fraction of sp³-hybridized carbons (Fsp3) is 0.308. The van der Waals surface area contributed by atoms with Gasteiger partial charge >= 0.3 is 5.97 Å². The van der Waals surface area contributed by atoms with Crippen molar-refractivity contribution in [1.82, 2.24) is 4.57 Å². The number of carbonyl (C=O) groups excluding carboxylic acids is 1. The number of pyridine rings is 1. The van der Waals surface area contributed by atoms with Crippen LogP contribution in [0.15, 0.2) is 47.3 Å². The molecule has 33 heavy (non-hydrogen) atoms. The lowest BCUT2D eigenvalue weighted by atomic mass is 9.86. The Balaban J connectivity index is 1.99. The van der Waals surface area contributed by atoms with Crippen LogP contribution in [0.25, 0.3) is 32.6 Å². The fourth-order valence-electron chi connectivity index (χ4n) is 4.84. The number of aliphatic hydroxyl groups is 1. The average Bonchev–Trinajstić information content (AvgIpc) is 2.77. The number of methoxy groups -OCH3 is 1. The van der Waals surface area contributed by atoms with Gasteiger partial charge in [0.15, 0.2) is 6.10 Å². The fourth-order valence-corrected chi connectivity index (χ4v) is 4.84. The number of hydrogen-bond donors (Lipinski definition) is 1. The Hall–Kier alpha value is -3.58. The summed E-state index contributed by atoms with van der Waals surface area (Å²) in [7, 11) is 3.34. The third kappa shape index (κ3) is 3.07. The van der Waals surface area contributed by atoms with E-state index >= 15 is 0 Å². The first kappa shape index (κ1) is 21.3. The van der Waals surface area contributed by atoms with E-state index in [9.17, 15) is 14.7 Å². The molecule has 0 bridgehead atoms. The number of nitrogens with zero attached hydrogens (tertiary/aromatic N) is 1. The van der Waals surface area contributed by atoms with E-state index < -0.39 is 23.8 Å². The van der Waals surface area contributed by atoms with Crippen LogP contribution in [0.5, 0.6) is 11.5 Å². The second-order valence-electron chi connectivity index (χ2n) is 9.00. The van der Waals surface area contributed by atoms with Gasteiger partial charge in [-0.1, -0.05) is 24.3 Å². The molecule has 3 aromatic carbocycles. The molecule has 0 saturated heterocycles. The van der Waals surface area contributed by atoms with Crippen molar-refractivity contribution < 1.29 is 24.1 Å². The van der Waals surface area contributed by atoms with E-state index in [1.54, 1.807) is 19.9 Å². The summed E-state index contributed by atoms with van der Waals surface area (Å²) in [5.74, 6) is 0.215. The summed E-state index contributed by atoms with van der Waals surface area (Å²) in [5, 5.41) is 13.9. The molecule has 7 nitrogen and oxygen atoms in total. The normalized spacial score (nSPS) is 19.3. The molecule has 1 aromatic heterocycles. The van der Waals surface area contributed by atoms with Crippen LogP contribution in [0.1, 0.15) is 32.4 Å². The molecule has 1 N–H and O–H groups in total. The molecule has 0 radical (unpaired) electrons. The van der Waals surface area contributed by atoms with Gasteiger partial charge in [0.25, 0.3) is 0 Å². The first-order valence-corrected chi connectivity index (χ1v) is 10.7. The number of esters is 1. The monoisotopic (exact) mass is 447 g/mol. The number of rotatable bonds is 2. The predicted octanol–water partition coefficient (Wildman–Crippen LogP) is 3.99. The highest BCUT2D eigenvalue weighted by molar-refractivity contribution is 6.04. The molecule has 0 saturated carbocycles. The summed E-state index contributed by atoms with van der Waals surface area (Å²) in [6.07, 6.45) is -2.16. The molecule has 1 aliphatic rings. The van der Waals surface area contributed by atoms with E-state index in [-0.39, 0.29) is 5.43 Å². The van der Waals surface area contributed by atoms with Crippen LogP contribution in [0.3, 0.4) is 0 Å². The Morgan fingerprint density at radius 2 is 1.82 bits per heavy atom. The lowest BCUT2D eigenvalue weighted by Gasteiger charge is -2.42. The number of benzene rings is 3. The van der Waals surface area contributed by atoms with Crippen LogP contribution >= 0.6 is 0 Å². The van der Waals surface area contributed by atoms with Crippen molar-refractivity contribution >= 4 is 38.5 Å². The minimum atomic E-state index is -1.15. The molecule has 0 amide bonds. The second-order valence-corrected chi connectivity index (χ2v) is 9.00. The predicted molar refractivity (Wildman–Crippen MR) is 126 cm³/mol. The van der Waals surface area contributed by atoms with E-state index in [0.717, 1.165) is 10.8 Å². The second kappa shape index (κ2) is 7.22. The quantitative estimate of drug-likeness (QED) is 0.369. The van der Waals surface area contributed by atoms with E-state index in [1.165, 1.54) is 14.0 Å². The highest BCUT2D eigenvalue weighted by atomic mass is 16.6. The van der Waals surface area contributed by atoms with Gasteiger partial charge in [-0.15, -0.1) is 0 Å². The Morgan fingerprint density at radius 3 is 2.45 bits per heavy atom. The maximum atomic E-state index is 13.8. The molecular formula is C26H25NO6. The number of aryl methyl sites for hydroxylation is 1. The van der Waals surface area contributed by atoms with Gasteiger partial charge in [-0.3, -0.25) is 9.59 Å². The van der Waals surface area contributed by atoms with Gasteiger partial charge in [0.2, 0.25) is 5.43 Å². The zero-order valence-corrected chi connectivity index (χ0v) is 19.1. The summed E-state index contributed by atoms with van der Waals surface area (Å²) in [4.78, 5) is 25.8. The van der Waals surface area contributed by atoms with Gasteiger partial charge in [0.1, 0.15) is 23.2 Å². The Morgan fingerprint density at radius 1 is 1.15 bits per heavy atom. The topological polar surface area (TPSA) is 87.0 Å². The minimum absolute atomic E-state index is 0.204. The molecule has 2 atom stereocenters. The summed E-state index contributed by atoms with van der Waals surface area (Å²) in [6, 6.07) is 13.3. The van der Waals surface area contributed by atoms with E-state index in [2.05, 4.69) is 0 Å². The Bertz CT molecular complexity index is 1520. The van der Waals surface area contributed by atoms with Gasteiger partial charge < -0.3 is 23.9 Å². The van der Waals surface area contributed by atoms with Crippen LogP contribution in [-0.2, 0) is 16.6 Å². The minimum Gasteiger partial charge on any atom is -0.496 e. The van der Waals surface area contributed by atoms with Crippen LogP contribution < -0.4 is 14.9 Å². The molecule has 5 rings (SSSR count). The molecule has 4 aromatic rings. The van der Waals surface area contributed by atoms with Crippen molar-refractivity contribution in [1.29, 1.82) is 0 Å². The molecule has 0 spiro atoms. The van der Waals surface area contributed by atoms with Crippen molar-refractivity contribution in [2.45, 2.75) is 38.6 Å². The van der Waals surface area contributed by atoms with Gasteiger partial charge in [0.05, 0.1) is 29.1 Å². The third-order valence-electron chi connectivity index (χ3n) is 6.47. The zero-order chi connectivity index (χ0) is 23.7. The number of ether oxygens (including phenoxy) is 3. The van der Waals surface area contributed by atoms with Crippen molar-refractivity contribution in [2.75, 3.05) is 7.11 Å². The number of aliphatic hydroxyl groups excluding tert-OH is 1. The van der Waals surface area contributed by atoms with E-state index in [1.807, 2.05) is 48.0 Å². The number of carbonyl (C=O) groups is 1. The Kier molecular flexibility index (Phi) is 4.65. The summed E-state index contributed by atoms with van der Waals surface area (Å²) >= 11 is 0. The standard InChI is InChI=1S/C26H25NO6/c1-13(28)32-24-21-19(33-26(2,3)25(24)30)12-18(31-5)20-22(21)27(4)17-11-15-9-7-6-8-14(15)10-16(17)23(20)29/h6-12,24-25,30H,1-5H3/t24-,25-/m1/s1. The smallest absolute Gasteiger partial charge is 0.303 e. The third-order valence-corrected chi connectivity index (χ3v) is 6.47. The van der Waals surface area contributed by atoms with Gasteiger partial charge in [-0.25, -0.2) is 0 Å². The highest BCUT2D eigenvalue weighted by Gasteiger charge is 2.46. The van der Waals surface area contributed by atoms with Crippen LogP contribution in [0.4, 0.5) is 0 Å². The van der Waals surface area contributed by atoms with Crippen molar-refractivity contribution in [2.24, 2.45) is 7.05 Å². The highest BCUT2D eigenvalue weighted by Crippen LogP contribution is 2.48. The molecule has 170 valence electrons.